The van der Waals surface area contributed by atoms with Crippen molar-refractivity contribution < 1.29 is 4.79 Å². The van der Waals surface area contributed by atoms with Crippen LogP contribution in [0, 0.1) is 0 Å². The van der Waals surface area contributed by atoms with Gasteiger partial charge in [0.2, 0.25) is 0 Å². The Morgan fingerprint density at radius 2 is 2.06 bits per heavy atom. The molecule has 2 rings (SSSR count). The molecule has 0 bridgehead atoms. The molecule has 1 heterocycles. The maximum Gasteiger partial charge on any atom is 0.263 e. The fourth-order valence-electron chi connectivity index (χ4n) is 1.58. The first kappa shape index (κ1) is 12.1. The highest BCUT2D eigenvalue weighted by Crippen LogP contribution is 2.28. The molecule has 1 N–H and O–H groups in total. The smallest absolute Gasteiger partial charge is 0.263 e. The fraction of sp³-hybridized carbons (Fsp3) is 0.167. The lowest BCUT2D eigenvalue weighted by molar-refractivity contribution is -0.115. The molecule has 1 saturated heterocycles. The summed E-state index contributed by atoms with van der Waals surface area (Å²) in [4.78, 5) is 14.2. The van der Waals surface area contributed by atoms with Crippen LogP contribution in [0.15, 0.2) is 29.2 Å². The minimum atomic E-state index is -0.117. The van der Waals surface area contributed by atoms with Gasteiger partial charge in [-0.05, 0) is 17.7 Å². The molecular formula is C12H12N2OS2. The molecule has 0 spiro atoms. The van der Waals surface area contributed by atoms with Gasteiger partial charge in [0.25, 0.3) is 5.91 Å². The second-order valence-corrected chi connectivity index (χ2v) is 5.52. The molecule has 3 nitrogen and oxygen atoms in total. The molecule has 17 heavy (non-hydrogen) atoms. The van der Waals surface area contributed by atoms with Gasteiger partial charge in [-0.25, -0.2) is 0 Å². The molecule has 1 aliphatic rings. The summed E-state index contributed by atoms with van der Waals surface area (Å²) < 4.78 is 0.517. The Morgan fingerprint density at radius 3 is 2.65 bits per heavy atom. The summed E-state index contributed by atoms with van der Waals surface area (Å²) in [6, 6.07) is 7.93. The van der Waals surface area contributed by atoms with Crippen molar-refractivity contribution in [3.63, 3.8) is 0 Å². The van der Waals surface area contributed by atoms with Crippen molar-refractivity contribution in [1.82, 2.24) is 5.32 Å². The minimum Gasteiger partial charge on any atom is -0.377 e. The first-order valence-corrected chi connectivity index (χ1v) is 6.31. The first-order valence-electron chi connectivity index (χ1n) is 5.09. The summed E-state index contributed by atoms with van der Waals surface area (Å²) in [7, 11) is 3.95. The molecule has 1 amide bonds. The standard InChI is InChI=1S/C12H12N2OS2/c1-14(2)9-6-4-3-5-8(9)7-10-11(15)13-12(16)17-10/h3-7H,1-2H3,(H,13,15,16)/b10-7-. The average Bonchev–Trinajstić information content (AvgIpc) is 2.58. The third-order valence-corrected chi connectivity index (χ3v) is 3.51. The lowest BCUT2D eigenvalue weighted by atomic mass is 10.1. The zero-order chi connectivity index (χ0) is 12.4. The van der Waals surface area contributed by atoms with Gasteiger partial charge in [0.1, 0.15) is 4.32 Å². The number of rotatable bonds is 2. The Balaban J connectivity index is 2.39. The predicted octanol–water partition coefficient (Wildman–Crippen LogP) is 2.24. The molecule has 0 unspecified atom stereocenters. The molecule has 1 aliphatic heterocycles. The number of hydrogen-bond donors (Lipinski definition) is 1. The Kier molecular flexibility index (Phi) is 3.49. The van der Waals surface area contributed by atoms with Gasteiger partial charge in [0.15, 0.2) is 0 Å². The van der Waals surface area contributed by atoms with Gasteiger partial charge in [-0.2, -0.15) is 0 Å². The molecule has 1 aromatic rings. The number of nitrogens with one attached hydrogen (secondary N) is 1. The third kappa shape index (κ3) is 2.68. The topological polar surface area (TPSA) is 32.3 Å². The summed E-state index contributed by atoms with van der Waals surface area (Å²) in [6.45, 7) is 0. The van der Waals surface area contributed by atoms with E-state index in [-0.39, 0.29) is 5.91 Å². The van der Waals surface area contributed by atoms with E-state index in [1.54, 1.807) is 0 Å². The number of amides is 1. The zero-order valence-electron chi connectivity index (χ0n) is 9.56. The van der Waals surface area contributed by atoms with Crippen LogP contribution in [0.25, 0.3) is 6.08 Å². The van der Waals surface area contributed by atoms with Crippen LogP contribution < -0.4 is 10.2 Å². The maximum atomic E-state index is 11.6. The number of thiocarbonyl (C=S) groups is 1. The fourth-order valence-corrected chi connectivity index (χ4v) is 2.61. The van der Waals surface area contributed by atoms with E-state index in [9.17, 15) is 4.79 Å². The van der Waals surface area contributed by atoms with E-state index in [0.29, 0.717) is 9.23 Å². The van der Waals surface area contributed by atoms with Crippen molar-refractivity contribution in [1.29, 1.82) is 0 Å². The van der Waals surface area contributed by atoms with E-state index >= 15 is 0 Å². The van der Waals surface area contributed by atoms with Gasteiger partial charge >= 0.3 is 0 Å². The van der Waals surface area contributed by atoms with E-state index in [1.807, 2.05) is 49.3 Å². The number of carbonyl (C=O) groups excluding carboxylic acids is 1. The van der Waals surface area contributed by atoms with E-state index in [1.165, 1.54) is 11.8 Å². The summed E-state index contributed by atoms with van der Waals surface area (Å²) in [5, 5.41) is 2.61. The number of thioether (sulfide) groups is 1. The van der Waals surface area contributed by atoms with E-state index in [2.05, 4.69) is 5.32 Å². The van der Waals surface area contributed by atoms with Crippen LogP contribution in [-0.2, 0) is 4.79 Å². The van der Waals surface area contributed by atoms with Crippen LogP contribution in [0.1, 0.15) is 5.56 Å². The normalized spacial score (nSPS) is 17.4. The molecule has 1 aromatic carbocycles. The van der Waals surface area contributed by atoms with Crippen LogP contribution >= 0.6 is 24.0 Å². The Morgan fingerprint density at radius 1 is 1.35 bits per heavy atom. The predicted molar refractivity (Wildman–Crippen MR) is 77.1 cm³/mol. The van der Waals surface area contributed by atoms with Gasteiger partial charge in [-0.3, -0.25) is 4.79 Å². The molecule has 0 aliphatic carbocycles. The highest BCUT2D eigenvalue weighted by Gasteiger charge is 2.22. The molecule has 0 aromatic heterocycles. The highest BCUT2D eigenvalue weighted by atomic mass is 32.2. The molecule has 0 radical (unpaired) electrons. The van der Waals surface area contributed by atoms with E-state index in [4.69, 9.17) is 12.2 Å². The summed E-state index contributed by atoms with van der Waals surface area (Å²) in [6.07, 6.45) is 1.87. The van der Waals surface area contributed by atoms with Crippen LogP contribution in [0.4, 0.5) is 5.69 Å². The molecule has 88 valence electrons. The van der Waals surface area contributed by atoms with Crippen molar-refractivity contribution in [3.8, 4) is 0 Å². The lowest BCUT2D eigenvalue weighted by Gasteiger charge is -2.15. The summed E-state index contributed by atoms with van der Waals surface area (Å²) >= 11 is 6.26. The lowest BCUT2D eigenvalue weighted by Crippen LogP contribution is -2.17. The quantitative estimate of drug-likeness (QED) is 0.656. The van der Waals surface area contributed by atoms with Crippen molar-refractivity contribution >= 4 is 46.0 Å². The number of nitrogens with zero attached hydrogens (tertiary/aromatic N) is 1. The van der Waals surface area contributed by atoms with Crippen molar-refractivity contribution in [2.75, 3.05) is 19.0 Å². The molecule has 0 atom stereocenters. The van der Waals surface area contributed by atoms with Crippen molar-refractivity contribution in [2.24, 2.45) is 0 Å². The van der Waals surface area contributed by atoms with Crippen molar-refractivity contribution in [2.45, 2.75) is 0 Å². The second kappa shape index (κ2) is 4.89. The van der Waals surface area contributed by atoms with E-state index in [0.717, 1.165) is 11.3 Å². The maximum absolute atomic E-state index is 11.6. The van der Waals surface area contributed by atoms with Gasteiger partial charge in [-0.1, -0.05) is 42.2 Å². The van der Waals surface area contributed by atoms with Crippen LogP contribution in [0.3, 0.4) is 0 Å². The second-order valence-electron chi connectivity index (χ2n) is 3.81. The Bertz CT molecular complexity index is 509. The monoisotopic (exact) mass is 264 g/mol. The number of carbonyl (C=O) groups is 1. The number of benzene rings is 1. The van der Waals surface area contributed by atoms with Gasteiger partial charge in [0.05, 0.1) is 4.91 Å². The van der Waals surface area contributed by atoms with Crippen LogP contribution in [0.2, 0.25) is 0 Å². The van der Waals surface area contributed by atoms with Crippen LogP contribution in [0.5, 0.6) is 0 Å². The Hall–Kier alpha value is -1.33. The SMILES string of the molecule is CN(C)c1ccccc1/C=C1\SC(=S)NC1=O. The minimum absolute atomic E-state index is 0.117. The number of para-hydroxylation sites is 1. The highest BCUT2D eigenvalue weighted by molar-refractivity contribution is 8.26. The van der Waals surface area contributed by atoms with Gasteiger partial charge in [-0.15, -0.1) is 0 Å². The first-order chi connectivity index (χ1) is 8.08. The van der Waals surface area contributed by atoms with Gasteiger partial charge < -0.3 is 10.2 Å². The summed E-state index contributed by atoms with van der Waals surface area (Å²) in [5.41, 5.74) is 2.09. The van der Waals surface area contributed by atoms with Crippen molar-refractivity contribution in [3.05, 3.63) is 34.7 Å². The summed E-state index contributed by atoms with van der Waals surface area (Å²) in [5.74, 6) is -0.117. The largest absolute Gasteiger partial charge is 0.377 e. The van der Waals surface area contributed by atoms with Gasteiger partial charge in [0, 0.05) is 19.8 Å². The Labute approximate surface area is 110 Å². The average molecular weight is 264 g/mol. The van der Waals surface area contributed by atoms with Crippen LogP contribution in [-0.4, -0.2) is 24.3 Å². The third-order valence-electron chi connectivity index (χ3n) is 2.35. The molecule has 1 fully saturated rings. The molecule has 5 heteroatoms. The van der Waals surface area contributed by atoms with E-state index < -0.39 is 0 Å². The number of hydrogen-bond acceptors (Lipinski definition) is 4. The molecule has 0 saturated carbocycles. The zero-order valence-corrected chi connectivity index (χ0v) is 11.2. The number of anilines is 1. The molecular weight excluding hydrogens is 252 g/mol.